The Balaban J connectivity index is 1.35. The summed E-state index contributed by atoms with van der Waals surface area (Å²) in [7, 11) is 1.59. The van der Waals surface area contributed by atoms with Crippen LogP contribution in [0.15, 0.2) is 41.9 Å². The van der Waals surface area contributed by atoms with Gasteiger partial charge in [0.15, 0.2) is 5.01 Å². The highest BCUT2D eigenvalue weighted by Gasteiger charge is 2.46. The number of Topliss-reactive ketones (excluding diaryl/α,β-unsaturated/α-hetero) is 1. The summed E-state index contributed by atoms with van der Waals surface area (Å²) in [4.78, 5) is 59.4. The lowest BCUT2D eigenvalue weighted by atomic mass is 10.1. The Morgan fingerprint density at radius 2 is 2.03 bits per heavy atom. The first-order valence-electron chi connectivity index (χ1n) is 12.3. The van der Waals surface area contributed by atoms with E-state index in [-0.39, 0.29) is 36.1 Å². The van der Waals surface area contributed by atoms with Gasteiger partial charge in [0.1, 0.15) is 6.04 Å². The molecule has 2 aromatic rings. The number of nitrogens with zero attached hydrogens (tertiary/aromatic N) is 3. The number of benzene rings is 1. The molecule has 2 aliphatic rings. The van der Waals surface area contributed by atoms with E-state index in [0.717, 1.165) is 5.56 Å². The Kier molecular flexibility index (Phi) is 8.82. The van der Waals surface area contributed by atoms with Gasteiger partial charge >= 0.3 is 0 Å². The van der Waals surface area contributed by atoms with Gasteiger partial charge in [-0.3, -0.25) is 19.2 Å². The Morgan fingerprint density at radius 1 is 1.22 bits per heavy atom. The second-order valence-corrected chi connectivity index (χ2v) is 10.1. The average molecular weight is 513 g/mol. The summed E-state index contributed by atoms with van der Waals surface area (Å²) in [5.41, 5.74) is 1.08. The summed E-state index contributed by atoms with van der Waals surface area (Å²) < 4.78 is 5.10. The van der Waals surface area contributed by atoms with Gasteiger partial charge in [0.25, 0.3) is 0 Å². The number of ether oxygens (including phenoxy) is 1. The minimum Gasteiger partial charge on any atom is -0.385 e. The number of thiazole rings is 1. The van der Waals surface area contributed by atoms with Gasteiger partial charge in [0, 0.05) is 38.3 Å². The first-order valence-corrected chi connectivity index (χ1v) is 13.2. The van der Waals surface area contributed by atoms with Crippen molar-refractivity contribution in [2.45, 2.75) is 56.7 Å². The molecule has 2 unspecified atom stereocenters. The third kappa shape index (κ3) is 6.17. The molecule has 9 nitrogen and oxygen atoms in total. The molecule has 2 aliphatic heterocycles. The molecule has 1 aromatic heterocycles. The Bertz CT molecular complexity index is 1060. The lowest BCUT2D eigenvalue weighted by Gasteiger charge is -2.39. The maximum Gasteiger partial charge on any atom is 0.243 e. The summed E-state index contributed by atoms with van der Waals surface area (Å²) in [6, 6.07) is 8.23. The number of methoxy groups -OCH3 is 1. The van der Waals surface area contributed by atoms with Gasteiger partial charge < -0.3 is 19.9 Å². The van der Waals surface area contributed by atoms with Gasteiger partial charge in [-0.15, -0.1) is 11.3 Å². The lowest BCUT2D eigenvalue weighted by molar-refractivity contribution is -0.151. The van der Waals surface area contributed by atoms with Crippen LogP contribution < -0.4 is 5.32 Å². The minimum absolute atomic E-state index is 0.0246. The number of fused-ring (bicyclic) bond motifs is 1. The number of aryl methyl sites for hydroxylation is 1. The molecule has 3 amide bonds. The molecule has 0 spiro atoms. The second-order valence-electron chi connectivity index (χ2n) is 9.21. The molecule has 3 heterocycles. The topological polar surface area (TPSA) is 109 Å². The number of piperazine rings is 1. The molecule has 192 valence electrons. The van der Waals surface area contributed by atoms with Crippen molar-refractivity contribution in [1.29, 1.82) is 0 Å². The quantitative estimate of drug-likeness (QED) is 0.365. The molecule has 0 radical (unpaired) electrons. The van der Waals surface area contributed by atoms with Crippen LogP contribution in [0.5, 0.6) is 0 Å². The van der Waals surface area contributed by atoms with Crippen molar-refractivity contribution >= 4 is 34.8 Å². The van der Waals surface area contributed by atoms with Crippen molar-refractivity contribution in [2.24, 2.45) is 0 Å². The van der Waals surface area contributed by atoms with Crippen molar-refractivity contribution in [2.75, 3.05) is 26.8 Å². The maximum atomic E-state index is 13.3. The molecule has 0 bridgehead atoms. The molecule has 2 saturated heterocycles. The van der Waals surface area contributed by atoms with E-state index in [2.05, 4.69) is 10.3 Å². The highest BCUT2D eigenvalue weighted by molar-refractivity contribution is 7.11. The zero-order chi connectivity index (χ0) is 25.5. The van der Waals surface area contributed by atoms with E-state index < -0.39 is 12.1 Å². The van der Waals surface area contributed by atoms with Crippen molar-refractivity contribution in [1.82, 2.24) is 20.1 Å². The molecule has 3 atom stereocenters. The fourth-order valence-electron chi connectivity index (χ4n) is 4.97. The summed E-state index contributed by atoms with van der Waals surface area (Å²) in [5.74, 6) is -0.836. The van der Waals surface area contributed by atoms with Crippen molar-refractivity contribution < 1.29 is 23.9 Å². The van der Waals surface area contributed by atoms with Gasteiger partial charge in [-0.05, 0) is 37.7 Å². The average Bonchev–Trinajstić information content (AvgIpc) is 3.58. The molecule has 1 aromatic carbocycles. The minimum atomic E-state index is -0.728. The Hall–Kier alpha value is -3.11. The number of aromatic nitrogens is 1. The number of hydrogen-bond donors (Lipinski definition) is 1. The standard InChI is InChI=1S/C26H32N4O5S/c1-35-14-5-8-20(24(33)26-27-13-15-36-26)28-25(34)21-11-10-19-16-29(17-23(32)30(19)21)22(31)12-9-18-6-3-2-4-7-18/h2-4,6-7,13,15,19-21H,5,8-12,14,16-17H2,1H3,(H,28,34)/t19-,20?,21?/m0/s1. The first-order chi connectivity index (χ1) is 17.5. The summed E-state index contributed by atoms with van der Waals surface area (Å²) in [6.07, 6.45) is 4.70. The zero-order valence-electron chi connectivity index (χ0n) is 20.4. The fourth-order valence-corrected chi connectivity index (χ4v) is 5.60. The van der Waals surface area contributed by atoms with Crippen molar-refractivity contribution in [3.63, 3.8) is 0 Å². The number of hydrogen-bond acceptors (Lipinski definition) is 7. The first kappa shape index (κ1) is 26.0. The Morgan fingerprint density at radius 3 is 2.75 bits per heavy atom. The fraction of sp³-hybridized carbons (Fsp3) is 0.500. The summed E-state index contributed by atoms with van der Waals surface area (Å²) in [6.45, 7) is 0.878. The largest absolute Gasteiger partial charge is 0.385 e. The van der Waals surface area contributed by atoms with Crippen LogP contribution in [0, 0.1) is 0 Å². The number of carbonyl (C=O) groups is 4. The number of carbonyl (C=O) groups excluding carboxylic acids is 4. The van der Waals surface area contributed by atoms with Gasteiger partial charge in [-0.25, -0.2) is 4.98 Å². The van der Waals surface area contributed by atoms with Crippen LogP contribution in [0.3, 0.4) is 0 Å². The third-order valence-corrected chi connectivity index (χ3v) is 7.58. The predicted octanol–water partition coefficient (Wildman–Crippen LogP) is 2.07. The highest BCUT2D eigenvalue weighted by Crippen LogP contribution is 2.29. The van der Waals surface area contributed by atoms with Crippen LogP contribution in [0.25, 0.3) is 0 Å². The molecule has 4 rings (SSSR count). The molecular weight excluding hydrogens is 480 g/mol. The SMILES string of the molecule is COCCCC(NC(=O)C1CC[C@H]2CN(C(=O)CCc3ccccc3)CC(=O)N12)C(=O)c1nccs1. The monoisotopic (exact) mass is 512 g/mol. The molecule has 2 fully saturated rings. The lowest BCUT2D eigenvalue weighted by Crippen LogP contribution is -2.60. The van der Waals surface area contributed by atoms with Crippen LogP contribution in [-0.4, -0.2) is 83.2 Å². The number of ketones is 1. The molecular formula is C26H32N4O5S. The second kappa shape index (κ2) is 12.2. The maximum absolute atomic E-state index is 13.3. The smallest absolute Gasteiger partial charge is 0.243 e. The van der Waals surface area contributed by atoms with E-state index in [1.165, 1.54) is 11.3 Å². The zero-order valence-corrected chi connectivity index (χ0v) is 21.2. The highest BCUT2D eigenvalue weighted by atomic mass is 32.1. The number of amides is 3. The Labute approximate surface area is 214 Å². The van der Waals surface area contributed by atoms with Crippen LogP contribution in [0.4, 0.5) is 0 Å². The van der Waals surface area contributed by atoms with E-state index in [1.807, 2.05) is 30.3 Å². The summed E-state index contributed by atoms with van der Waals surface area (Å²) >= 11 is 1.24. The van der Waals surface area contributed by atoms with E-state index in [9.17, 15) is 19.2 Å². The predicted molar refractivity (Wildman–Crippen MR) is 134 cm³/mol. The third-order valence-electron chi connectivity index (χ3n) is 6.79. The van der Waals surface area contributed by atoms with E-state index in [1.54, 1.807) is 28.5 Å². The van der Waals surface area contributed by atoms with Crippen LogP contribution in [-0.2, 0) is 25.5 Å². The number of rotatable bonds is 11. The van der Waals surface area contributed by atoms with E-state index in [4.69, 9.17) is 4.74 Å². The molecule has 36 heavy (non-hydrogen) atoms. The molecule has 1 N–H and O–H groups in total. The van der Waals surface area contributed by atoms with Crippen LogP contribution in [0.1, 0.15) is 47.5 Å². The molecule has 0 saturated carbocycles. The van der Waals surface area contributed by atoms with Gasteiger partial charge in [-0.1, -0.05) is 30.3 Å². The molecule has 10 heteroatoms. The molecule has 0 aliphatic carbocycles. The van der Waals surface area contributed by atoms with E-state index in [0.29, 0.717) is 56.7 Å². The summed E-state index contributed by atoms with van der Waals surface area (Å²) in [5, 5.41) is 4.95. The van der Waals surface area contributed by atoms with Crippen LogP contribution in [0.2, 0.25) is 0 Å². The van der Waals surface area contributed by atoms with Gasteiger partial charge in [0.2, 0.25) is 23.5 Å². The normalized spacial score (nSPS) is 20.2. The number of nitrogens with one attached hydrogen (secondary N) is 1. The van der Waals surface area contributed by atoms with Crippen molar-refractivity contribution in [3.8, 4) is 0 Å². The van der Waals surface area contributed by atoms with E-state index >= 15 is 0 Å². The van der Waals surface area contributed by atoms with Crippen molar-refractivity contribution in [3.05, 3.63) is 52.5 Å². The van der Waals surface area contributed by atoms with Gasteiger partial charge in [0.05, 0.1) is 18.6 Å². The van der Waals surface area contributed by atoms with Crippen LogP contribution >= 0.6 is 11.3 Å². The van der Waals surface area contributed by atoms with Gasteiger partial charge in [-0.2, -0.15) is 0 Å².